The van der Waals surface area contributed by atoms with Gasteiger partial charge in [-0.3, -0.25) is 4.55 Å². The highest BCUT2D eigenvalue weighted by Crippen LogP contribution is 2.20. The van der Waals surface area contributed by atoms with E-state index in [9.17, 15) is 8.76 Å². The minimum Gasteiger partial charge on any atom is -0.300 e. The molecule has 0 saturated carbocycles. The number of aromatic nitrogens is 3. The van der Waals surface area contributed by atoms with Crippen molar-refractivity contribution in [3.8, 4) is 22.8 Å². The van der Waals surface area contributed by atoms with Crippen molar-refractivity contribution >= 4 is 11.1 Å². The van der Waals surface area contributed by atoms with Gasteiger partial charge in [0.1, 0.15) is 0 Å². The van der Waals surface area contributed by atoms with Gasteiger partial charge >= 0.3 is 0 Å². The SMILES string of the molecule is O=S(O)c1nc(-c2ccccc2)nc(-c2ccccc2)n1. The molecule has 3 aromatic rings. The first-order valence-electron chi connectivity index (χ1n) is 6.22. The average molecular weight is 297 g/mol. The zero-order valence-corrected chi connectivity index (χ0v) is 11.7. The molecule has 5 nitrogen and oxygen atoms in total. The van der Waals surface area contributed by atoms with E-state index in [-0.39, 0.29) is 5.16 Å². The predicted octanol–water partition coefficient (Wildman–Crippen LogP) is 2.79. The highest BCUT2D eigenvalue weighted by molar-refractivity contribution is 7.79. The van der Waals surface area contributed by atoms with E-state index in [0.29, 0.717) is 11.6 Å². The minimum atomic E-state index is -2.26. The molecule has 3 rings (SSSR count). The summed E-state index contributed by atoms with van der Waals surface area (Å²) in [5.41, 5.74) is 1.53. The Hall–Kier alpha value is -2.44. The topological polar surface area (TPSA) is 76.0 Å². The maximum absolute atomic E-state index is 11.3. The molecule has 1 aromatic heterocycles. The zero-order valence-electron chi connectivity index (χ0n) is 10.9. The van der Waals surface area contributed by atoms with Crippen LogP contribution in [0.5, 0.6) is 0 Å². The van der Waals surface area contributed by atoms with Crippen LogP contribution in [0.2, 0.25) is 0 Å². The lowest BCUT2D eigenvalue weighted by atomic mass is 10.2. The van der Waals surface area contributed by atoms with Crippen molar-refractivity contribution in [2.75, 3.05) is 0 Å². The molecule has 2 aromatic carbocycles. The Morgan fingerprint density at radius 3 is 1.52 bits per heavy atom. The molecule has 0 radical (unpaired) electrons. The van der Waals surface area contributed by atoms with Crippen molar-refractivity contribution in [1.82, 2.24) is 15.0 Å². The minimum absolute atomic E-state index is 0.150. The Morgan fingerprint density at radius 1 is 0.714 bits per heavy atom. The fourth-order valence-electron chi connectivity index (χ4n) is 1.87. The van der Waals surface area contributed by atoms with Crippen LogP contribution in [0.3, 0.4) is 0 Å². The van der Waals surface area contributed by atoms with Gasteiger partial charge in [0.25, 0.3) is 5.16 Å². The molecule has 6 heteroatoms. The largest absolute Gasteiger partial charge is 0.300 e. The molecule has 104 valence electrons. The third-order valence-corrected chi connectivity index (χ3v) is 3.33. The number of hydrogen-bond donors (Lipinski definition) is 1. The smallest absolute Gasteiger partial charge is 0.250 e. The fraction of sp³-hybridized carbons (Fsp3) is 0. The molecular formula is C15H11N3O2S. The van der Waals surface area contributed by atoms with Gasteiger partial charge in [-0.1, -0.05) is 60.7 Å². The van der Waals surface area contributed by atoms with E-state index in [2.05, 4.69) is 15.0 Å². The Balaban J connectivity index is 2.18. The van der Waals surface area contributed by atoms with Crippen LogP contribution >= 0.6 is 0 Å². The summed E-state index contributed by atoms with van der Waals surface area (Å²) in [6, 6.07) is 18.6. The predicted molar refractivity (Wildman–Crippen MR) is 79.7 cm³/mol. The Morgan fingerprint density at radius 2 is 1.14 bits per heavy atom. The number of rotatable bonds is 3. The van der Waals surface area contributed by atoms with Crippen LogP contribution in [0.15, 0.2) is 65.8 Å². The average Bonchev–Trinajstić information content (AvgIpc) is 2.56. The van der Waals surface area contributed by atoms with Crippen molar-refractivity contribution in [3.05, 3.63) is 60.7 Å². The quantitative estimate of drug-likeness (QED) is 0.752. The van der Waals surface area contributed by atoms with Crippen molar-refractivity contribution in [2.24, 2.45) is 0 Å². The number of nitrogens with zero attached hydrogens (tertiary/aromatic N) is 3. The Labute approximate surface area is 124 Å². The molecule has 1 unspecified atom stereocenters. The van der Waals surface area contributed by atoms with Gasteiger partial charge in [-0.15, -0.1) is 0 Å². The summed E-state index contributed by atoms with van der Waals surface area (Å²) in [5.74, 6) is 0.753. The van der Waals surface area contributed by atoms with Gasteiger partial charge < -0.3 is 0 Å². The molecular weight excluding hydrogens is 286 g/mol. The fourth-order valence-corrected chi connectivity index (χ4v) is 2.20. The molecule has 1 N–H and O–H groups in total. The van der Waals surface area contributed by atoms with E-state index in [1.807, 2.05) is 60.7 Å². The van der Waals surface area contributed by atoms with Gasteiger partial charge in [-0.2, -0.15) is 9.97 Å². The first-order valence-corrected chi connectivity index (χ1v) is 7.32. The van der Waals surface area contributed by atoms with Gasteiger partial charge in [0.15, 0.2) is 11.6 Å². The highest BCUT2D eigenvalue weighted by atomic mass is 32.2. The second kappa shape index (κ2) is 5.90. The van der Waals surface area contributed by atoms with E-state index in [0.717, 1.165) is 11.1 Å². The maximum atomic E-state index is 11.3. The van der Waals surface area contributed by atoms with Gasteiger partial charge in [0.05, 0.1) is 0 Å². The standard InChI is InChI=1S/C15H11N3O2S/c19-21(20)15-17-13(11-7-3-1-4-8-11)16-14(18-15)12-9-5-2-6-10-12/h1-10H,(H,19,20). The third-order valence-electron chi connectivity index (χ3n) is 2.84. The number of benzene rings is 2. The van der Waals surface area contributed by atoms with Gasteiger partial charge in [-0.25, -0.2) is 9.19 Å². The lowest BCUT2D eigenvalue weighted by molar-refractivity contribution is 0.554. The summed E-state index contributed by atoms with van der Waals surface area (Å²) in [6.45, 7) is 0. The van der Waals surface area contributed by atoms with Crippen molar-refractivity contribution in [2.45, 2.75) is 5.16 Å². The summed E-state index contributed by atoms with van der Waals surface area (Å²) in [5, 5.41) is -0.150. The van der Waals surface area contributed by atoms with Crippen molar-refractivity contribution < 1.29 is 8.76 Å². The monoisotopic (exact) mass is 297 g/mol. The lowest BCUT2D eigenvalue weighted by Crippen LogP contribution is -2.04. The molecule has 0 spiro atoms. The molecule has 0 bridgehead atoms. The second-order valence-corrected chi connectivity index (χ2v) is 5.11. The van der Waals surface area contributed by atoms with Crippen LogP contribution in [-0.4, -0.2) is 23.7 Å². The zero-order chi connectivity index (χ0) is 14.7. The van der Waals surface area contributed by atoms with E-state index in [1.54, 1.807) is 0 Å². The maximum Gasteiger partial charge on any atom is 0.250 e. The van der Waals surface area contributed by atoms with E-state index in [1.165, 1.54) is 0 Å². The summed E-state index contributed by atoms with van der Waals surface area (Å²) in [7, 11) is 0. The lowest BCUT2D eigenvalue weighted by Gasteiger charge is -2.05. The first-order chi connectivity index (χ1) is 10.2. The van der Waals surface area contributed by atoms with Crippen molar-refractivity contribution in [3.63, 3.8) is 0 Å². The molecule has 1 atom stereocenters. The van der Waals surface area contributed by atoms with Crippen LogP contribution in [0, 0.1) is 0 Å². The summed E-state index contributed by atoms with van der Waals surface area (Å²) >= 11 is -2.26. The number of hydrogen-bond acceptors (Lipinski definition) is 4. The van der Waals surface area contributed by atoms with Gasteiger partial charge in [0, 0.05) is 11.1 Å². The molecule has 0 fully saturated rings. The Kier molecular flexibility index (Phi) is 3.81. The van der Waals surface area contributed by atoms with Crippen LogP contribution in [0.25, 0.3) is 22.8 Å². The Bertz CT molecular complexity index is 722. The second-order valence-electron chi connectivity index (χ2n) is 4.25. The van der Waals surface area contributed by atoms with Crippen LogP contribution in [0.1, 0.15) is 0 Å². The van der Waals surface area contributed by atoms with Gasteiger partial charge in [0.2, 0.25) is 11.1 Å². The van der Waals surface area contributed by atoms with E-state index >= 15 is 0 Å². The summed E-state index contributed by atoms with van der Waals surface area (Å²) in [6.07, 6.45) is 0. The molecule has 0 amide bonds. The van der Waals surface area contributed by atoms with Crippen LogP contribution < -0.4 is 0 Å². The molecule has 0 aliphatic carbocycles. The molecule has 0 aliphatic rings. The van der Waals surface area contributed by atoms with Crippen LogP contribution in [0.4, 0.5) is 0 Å². The highest BCUT2D eigenvalue weighted by Gasteiger charge is 2.13. The van der Waals surface area contributed by atoms with E-state index in [4.69, 9.17) is 0 Å². The summed E-state index contributed by atoms with van der Waals surface area (Å²) < 4.78 is 20.6. The molecule has 0 aliphatic heterocycles. The van der Waals surface area contributed by atoms with E-state index < -0.39 is 11.1 Å². The molecule has 1 heterocycles. The first kappa shape index (κ1) is 13.5. The molecule has 0 saturated heterocycles. The van der Waals surface area contributed by atoms with Gasteiger partial charge in [-0.05, 0) is 0 Å². The molecule has 21 heavy (non-hydrogen) atoms. The normalized spacial score (nSPS) is 12.0. The van der Waals surface area contributed by atoms with Crippen LogP contribution in [-0.2, 0) is 11.1 Å². The van der Waals surface area contributed by atoms with Crippen molar-refractivity contribution in [1.29, 1.82) is 0 Å². The third kappa shape index (κ3) is 3.01. The summed E-state index contributed by atoms with van der Waals surface area (Å²) in [4.78, 5) is 12.5.